The smallest absolute Gasteiger partial charge is 0.00957 e. The van der Waals surface area contributed by atoms with Crippen LogP contribution in [0.2, 0.25) is 0 Å². The fourth-order valence-electron chi connectivity index (χ4n) is 5.71. The Morgan fingerprint density at radius 1 is 1.00 bits per heavy atom. The molecule has 0 heterocycles. The first kappa shape index (κ1) is 16.8. The van der Waals surface area contributed by atoms with Crippen molar-refractivity contribution in [1.29, 1.82) is 0 Å². The molecule has 0 aromatic carbocycles. The zero-order valence-electron chi connectivity index (χ0n) is 15.3. The normalized spacial score (nSPS) is 43.6. The third-order valence-electron chi connectivity index (χ3n) is 7.82. The molecule has 4 aliphatic carbocycles. The second kappa shape index (κ2) is 6.81. The van der Waals surface area contributed by atoms with Crippen LogP contribution in [0.25, 0.3) is 0 Å². The van der Waals surface area contributed by atoms with Crippen molar-refractivity contribution < 1.29 is 0 Å². The monoisotopic (exact) mass is 306 g/mol. The largest absolute Gasteiger partial charge is 0.315 e. The fraction of sp³-hybridized carbons (Fsp3) is 1.00. The van der Waals surface area contributed by atoms with Gasteiger partial charge in [0.2, 0.25) is 0 Å². The van der Waals surface area contributed by atoms with Crippen LogP contribution in [0.5, 0.6) is 0 Å². The Morgan fingerprint density at radius 3 is 2.55 bits per heavy atom. The second-order valence-corrected chi connectivity index (χ2v) is 9.23. The summed E-state index contributed by atoms with van der Waals surface area (Å²) in [6, 6.07) is 0.756. The summed E-state index contributed by atoms with van der Waals surface area (Å²) in [4.78, 5) is 0. The number of nitrogens with one attached hydrogen (secondary N) is 2. The molecular formula is C20H38N2. The molecule has 0 radical (unpaired) electrons. The van der Waals surface area contributed by atoms with Gasteiger partial charge < -0.3 is 10.6 Å². The highest BCUT2D eigenvalue weighted by atomic mass is 15.0. The van der Waals surface area contributed by atoms with Gasteiger partial charge >= 0.3 is 0 Å². The van der Waals surface area contributed by atoms with Crippen LogP contribution < -0.4 is 10.6 Å². The minimum absolute atomic E-state index is 0.635. The van der Waals surface area contributed by atoms with Gasteiger partial charge in [-0.25, -0.2) is 0 Å². The van der Waals surface area contributed by atoms with Crippen LogP contribution in [0.4, 0.5) is 0 Å². The summed E-state index contributed by atoms with van der Waals surface area (Å²) in [5, 5.41) is 7.57. The van der Waals surface area contributed by atoms with Crippen molar-refractivity contribution in [3.8, 4) is 0 Å². The lowest BCUT2D eigenvalue weighted by Gasteiger charge is -2.60. The van der Waals surface area contributed by atoms with E-state index in [1.165, 1.54) is 45.1 Å². The Hall–Kier alpha value is -0.0800. The molecule has 2 heteroatoms. The van der Waals surface area contributed by atoms with Crippen molar-refractivity contribution in [3.63, 3.8) is 0 Å². The lowest BCUT2D eigenvalue weighted by atomic mass is 9.45. The van der Waals surface area contributed by atoms with Crippen LogP contribution in [0.3, 0.4) is 0 Å². The molecule has 2 nitrogen and oxygen atoms in total. The molecule has 0 aromatic heterocycles. The molecule has 6 atom stereocenters. The van der Waals surface area contributed by atoms with Gasteiger partial charge in [-0.1, -0.05) is 40.5 Å². The molecule has 128 valence electrons. The maximum atomic E-state index is 3.81. The number of rotatable bonds is 6. The van der Waals surface area contributed by atoms with Crippen molar-refractivity contribution in [2.45, 2.75) is 72.3 Å². The third kappa shape index (κ3) is 3.24. The van der Waals surface area contributed by atoms with Gasteiger partial charge in [-0.05, 0) is 67.2 Å². The Balaban J connectivity index is 1.31. The lowest BCUT2D eigenvalue weighted by Crippen LogP contribution is -2.54. The number of fused-ring (bicyclic) bond motifs is 2. The molecule has 0 spiro atoms. The Bertz CT molecular complexity index is 363. The number of hydrogen-bond donors (Lipinski definition) is 2. The topological polar surface area (TPSA) is 24.1 Å². The summed E-state index contributed by atoms with van der Waals surface area (Å²) in [6.45, 7) is 13.4. The first-order chi connectivity index (χ1) is 10.5. The maximum Gasteiger partial charge on any atom is 0.00957 e. The van der Waals surface area contributed by atoms with E-state index >= 15 is 0 Å². The SMILES string of the molecule is CC1CCCC(NCCNC[C@@H]2CC[C@@H]3C[C@H]2C3(C)C)C1C. The molecule has 2 N–H and O–H groups in total. The van der Waals surface area contributed by atoms with Crippen molar-refractivity contribution in [1.82, 2.24) is 10.6 Å². The van der Waals surface area contributed by atoms with E-state index in [1.54, 1.807) is 0 Å². The summed E-state index contributed by atoms with van der Waals surface area (Å²) < 4.78 is 0. The van der Waals surface area contributed by atoms with Gasteiger partial charge in [0, 0.05) is 19.1 Å². The standard InChI is InChI=1S/C20H38N2/c1-14-6-5-7-19(15(14)2)22-11-10-21-13-16-8-9-17-12-18(16)20(17,3)4/h14-19,21-22H,5-13H2,1-4H3/t14?,15?,16-,17+,18+,19?/m0/s1. The summed E-state index contributed by atoms with van der Waals surface area (Å²) in [5.41, 5.74) is 0.635. The van der Waals surface area contributed by atoms with Gasteiger partial charge in [-0.3, -0.25) is 0 Å². The summed E-state index contributed by atoms with van der Waals surface area (Å²) in [7, 11) is 0. The molecule has 4 saturated carbocycles. The maximum absolute atomic E-state index is 3.81. The van der Waals surface area contributed by atoms with Gasteiger partial charge in [-0.15, -0.1) is 0 Å². The van der Waals surface area contributed by atoms with Gasteiger partial charge in [-0.2, -0.15) is 0 Å². The summed E-state index contributed by atoms with van der Waals surface area (Å²) >= 11 is 0. The Labute approximate surface area is 138 Å². The van der Waals surface area contributed by atoms with Crippen molar-refractivity contribution >= 4 is 0 Å². The molecular weight excluding hydrogens is 268 g/mol. The van der Waals surface area contributed by atoms with Crippen LogP contribution in [-0.4, -0.2) is 25.7 Å². The lowest BCUT2D eigenvalue weighted by molar-refractivity contribution is -0.103. The van der Waals surface area contributed by atoms with Gasteiger partial charge in [0.25, 0.3) is 0 Å². The molecule has 0 aromatic rings. The minimum Gasteiger partial charge on any atom is -0.315 e. The van der Waals surface area contributed by atoms with Crippen LogP contribution in [0, 0.1) is 35.0 Å². The average molecular weight is 307 g/mol. The molecule has 3 unspecified atom stereocenters. The molecule has 2 bridgehead atoms. The van der Waals surface area contributed by atoms with Crippen LogP contribution in [0.1, 0.15) is 66.2 Å². The van der Waals surface area contributed by atoms with Crippen molar-refractivity contribution in [3.05, 3.63) is 0 Å². The van der Waals surface area contributed by atoms with E-state index < -0.39 is 0 Å². The van der Waals surface area contributed by atoms with Crippen molar-refractivity contribution in [2.24, 2.45) is 35.0 Å². The Morgan fingerprint density at radius 2 is 1.82 bits per heavy atom. The molecule has 0 saturated heterocycles. The quantitative estimate of drug-likeness (QED) is 0.723. The third-order valence-corrected chi connectivity index (χ3v) is 7.82. The highest BCUT2D eigenvalue weighted by molar-refractivity contribution is 5.03. The van der Waals surface area contributed by atoms with Crippen LogP contribution in [-0.2, 0) is 0 Å². The van der Waals surface area contributed by atoms with E-state index in [0.717, 1.165) is 48.7 Å². The molecule has 22 heavy (non-hydrogen) atoms. The van der Waals surface area contributed by atoms with Gasteiger partial charge in [0.15, 0.2) is 0 Å². The highest BCUT2D eigenvalue weighted by Crippen LogP contribution is 2.61. The first-order valence-electron chi connectivity index (χ1n) is 9.94. The molecule has 0 amide bonds. The highest BCUT2D eigenvalue weighted by Gasteiger charge is 2.53. The Kier molecular flexibility index (Phi) is 5.19. The molecule has 4 fully saturated rings. The summed E-state index contributed by atoms with van der Waals surface area (Å²) in [5.74, 6) is 4.71. The zero-order valence-corrected chi connectivity index (χ0v) is 15.3. The first-order valence-corrected chi connectivity index (χ1v) is 9.94. The van der Waals surface area contributed by atoms with Gasteiger partial charge in [0.05, 0.1) is 0 Å². The van der Waals surface area contributed by atoms with E-state index in [1.807, 2.05) is 0 Å². The second-order valence-electron chi connectivity index (χ2n) is 9.23. The fourth-order valence-corrected chi connectivity index (χ4v) is 5.71. The number of hydrogen-bond acceptors (Lipinski definition) is 2. The van der Waals surface area contributed by atoms with Crippen LogP contribution in [0.15, 0.2) is 0 Å². The minimum atomic E-state index is 0.635. The molecule has 0 aliphatic heterocycles. The van der Waals surface area contributed by atoms with E-state index in [9.17, 15) is 0 Å². The van der Waals surface area contributed by atoms with Crippen molar-refractivity contribution in [2.75, 3.05) is 19.6 Å². The predicted octanol–water partition coefficient (Wildman–Crippen LogP) is 4.06. The van der Waals surface area contributed by atoms with E-state index in [4.69, 9.17) is 0 Å². The van der Waals surface area contributed by atoms with Gasteiger partial charge in [0.1, 0.15) is 0 Å². The summed E-state index contributed by atoms with van der Waals surface area (Å²) in [6.07, 6.45) is 8.68. The zero-order chi connectivity index (χ0) is 15.7. The molecule has 4 aliphatic rings. The van der Waals surface area contributed by atoms with E-state index in [2.05, 4.69) is 38.3 Å². The predicted molar refractivity (Wildman–Crippen MR) is 94.9 cm³/mol. The van der Waals surface area contributed by atoms with Crippen LogP contribution >= 0.6 is 0 Å². The molecule has 4 rings (SSSR count). The average Bonchev–Trinajstić information content (AvgIpc) is 2.51. The van der Waals surface area contributed by atoms with E-state index in [0.29, 0.717) is 5.41 Å². The van der Waals surface area contributed by atoms with E-state index in [-0.39, 0.29) is 0 Å².